The summed E-state index contributed by atoms with van der Waals surface area (Å²) >= 11 is 0. The maximum Gasteiger partial charge on any atom is 0.310 e. The van der Waals surface area contributed by atoms with Crippen LogP contribution in [0.3, 0.4) is 0 Å². The second-order valence-corrected chi connectivity index (χ2v) is 19.3. The highest BCUT2D eigenvalue weighted by Gasteiger charge is 2.44. The first kappa shape index (κ1) is 61.3. The first-order chi connectivity index (χ1) is 33.4. The maximum absolute atomic E-state index is 13.8. The summed E-state index contributed by atoms with van der Waals surface area (Å²) in [6.07, 6.45) is 16.8. The molecule has 0 bridgehead atoms. The van der Waals surface area contributed by atoms with Gasteiger partial charge in [-0.05, 0) is 45.7 Å². The number of esters is 7. The molecule has 69 heavy (non-hydrogen) atoms. The standard InChI is InChI=1S/C53H91NO15/c1-6-10-14-18-22-26-46(55)63-35-41(36-64-47(56)27-23-19-15-11-7-2)32-50(59)68-45-40-62-44(39-67-53(61)43-30-31-54(5)34-43)52(45)69-51(60)33-42(37-65-48(57)28-24-20-16-12-8-3)38-66-49(58)29-25-21-17-13-9-4/h41-45,52H,6-40H2,1-5H3/t43?,44-,45+,52+/m1/s1. The van der Waals surface area contributed by atoms with Crippen LogP contribution < -0.4 is 0 Å². The van der Waals surface area contributed by atoms with E-state index in [1.807, 2.05) is 11.9 Å². The molecule has 16 heteroatoms. The van der Waals surface area contributed by atoms with E-state index in [2.05, 4.69) is 27.7 Å². The van der Waals surface area contributed by atoms with E-state index in [4.69, 9.17) is 37.9 Å². The van der Waals surface area contributed by atoms with Crippen LogP contribution in [0.5, 0.6) is 0 Å². The molecule has 2 fully saturated rings. The number of carbonyl (C=O) groups excluding carboxylic acids is 7. The van der Waals surface area contributed by atoms with Crippen molar-refractivity contribution >= 4 is 41.8 Å². The first-order valence-corrected chi connectivity index (χ1v) is 26.9. The fourth-order valence-electron chi connectivity index (χ4n) is 8.30. The van der Waals surface area contributed by atoms with E-state index in [0.29, 0.717) is 38.6 Å². The molecular formula is C53H91NO15. The molecule has 2 aliphatic heterocycles. The second-order valence-electron chi connectivity index (χ2n) is 19.3. The molecule has 0 aromatic carbocycles. The van der Waals surface area contributed by atoms with Crippen LogP contribution in [-0.4, -0.2) is 125 Å². The Kier molecular flexibility index (Phi) is 34.6. The van der Waals surface area contributed by atoms with Gasteiger partial charge in [0.2, 0.25) is 0 Å². The van der Waals surface area contributed by atoms with Crippen molar-refractivity contribution in [3.63, 3.8) is 0 Å². The van der Waals surface area contributed by atoms with Gasteiger partial charge in [-0.3, -0.25) is 33.6 Å². The summed E-state index contributed by atoms with van der Waals surface area (Å²) in [5, 5.41) is 0. The van der Waals surface area contributed by atoms with Gasteiger partial charge in [0.25, 0.3) is 0 Å². The fraction of sp³-hybridized carbons (Fsp3) is 0.868. The van der Waals surface area contributed by atoms with Gasteiger partial charge in [0, 0.05) is 44.1 Å². The Morgan fingerprint density at radius 1 is 0.493 bits per heavy atom. The van der Waals surface area contributed by atoms with Gasteiger partial charge in [-0.1, -0.05) is 130 Å². The Hall–Kier alpha value is -3.79. The predicted molar refractivity (Wildman–Crippen MR) is 260 cm³/mol. The lowest BCUT2D eigenvalue weighted by molar-refractivity contribution is -0.171. The Labute approximate surface area is 414 Å². The molecule has 1 unspecified atom stereocenters. The number of unbranched alkanes of at least 4 members (excludes halogenated alkanes) is 16. The molecule has 0 spiro atoms. The van der Waals surface area contributed by atoms with Crippen LogP contribution in [-0.2, 0) is 71.5 Å². The zero-order chi connectivity index (χ0) is 50.5. The molecule has 4 atom stereocenters. The molecule has 0 radical (unpaired) electrons. The van der Waals surface area contributed by atoms with Gasteiger partial charge in [-0.15, -0.1) is 0 Å². The minimum absolute atomic E-state index is 0.171. The van der Waals surface area contributed by atoms with Gasteiger partial charge < -0.3 is 42.8 Å². The molecule has 16 nitrogen and oxygen atoms in total. The summed E-state index contributed by atoms with van der Waals surface area (Å²) in [5.74, 6) is -5.30. The monoisotopic (exact) mass is 982 g/mol. The smallest absolute Gasteiger partial charge is 0.310 e. The van der Waals surface area contributed by atoms with Gasteiger partial charge in [0.1, 0.15) is 12.7 Å². The molecule has 0 N–H and O–H groups in total. The average Bonchev–Trinajstić information content (AvgIpc) is 3.94. The SMILES string of the molecule is CCCCCCCC(=O)OCC(COC(=O)CCCCCCC)CC(=O)O[C@@H]1[C@@H](OC(=O)CC(COC(=O)CCCCCCC)COC(=O)CCCCCCC)CO[C@@H]1COC(=O)C1CCN(C)C1. The number of likely N-dealkylation sites (tertiary alicyclic amines) is 1. The summed E-state index contributed by atoms with van der Waals surface area (Å²) in [4.78, 5) is 93.4. The lowest BCUT2D eigenvalue weighted by Crippen LogP contribution is -2.41. The van der Waals surface area contributed by atoms with E-state index in [9.17, 15) is 33.6 Å². The minimum Gasteiger partial charge on any atom is -0.465 e. The van der Waals surface area contributed by atoms with E-state index >= 15 is 0 Å². The van der Waals surface area contributed by atoms with Crippen molar-refractivity contribution in [3.8, 4) is 0 Å². The maximum atomic E-state index is 13.8. The van der Waals surface area contributed by atoms with Crippen LogP contribution in [0.25, 0.3) is 0 Å². The highest BCUT2D eigenvalue weighted by molar-refractivity contribution is 5.74. The third-order valence-electron chi connectivity index (χ3n) is 12.6. The van der Waals surface area contributed by atoms with Gasteiger partial charge in [-0.2, -0.15) is 0 Å². The van der Waals surface area contributed by atoms with Crippen molar-refractivity contribution in [1.82, 2.24) is 4.90 Å². The van der Waals surface area contributed by atoms with Crippen LogP contribution >= 0.6 is 0 Å². The molecular weight excluding hydrogens is 891 g/mol. The van der Waals surface area contributed by atoms with Crippen molar-refractivity contribution in [2.75, 3.05) is 59.8 Å². The van der Waals surface area contributed by atoms with Gasteiger partial charge in [0.15, 0.2) is 12.2 Å². The molecule has 2 saturated heterocycles. The van der Waals surface area contributed by atoms with Crippen LogP contribution in [0.2, 0.25) is 0 Å². The third-order valence-corrected chi connectivity index (χ3v) is 12.6. The Morgan fingerprint density at radius 3 is 1.23 bits per heavy atom. The number of hydrogen-bond donors (Lipinski definition) is 0. The van der Waals surface area contributed by atoms with E-state index in [-0.39, 0.29) is 84.1 Å². The summed E-state index contributed by atoms with van der Waals surface area (Å²) in [7, 11) is 1.92. The van der Waals surface area contributed by atoms with Crippen molar-refractivity contribution < 1.29 is 71.5 Å². The van der Waals surface area contributed by atoms with E-state index in [1.165, 1.54) is 0 Å². The molecule has 2 rings (SSSR count). The molecule has 398 valence electrons. The minimum atomic E-state index is -1.20. The quantitative estimate of drug-likeness (QED) is 0.0319. The number of hydrogen-bond acceptors (Lipinski definition) is 16. The molecule has 0 saturated carbocycles. The number of carbonyl (C=O) groups is 7. The van der Waals surface area contributed by atoms with Crippen LogP contribution in [0.1, 0.15) is 201 Å². The van der Waals surface area contributed by atoms with Crippen molar-refractivity contribution in [2.45, 2.75) is 219 Å². The highest BCUT2D eigenvalue weighted by atomic mass is 16.6. The fourth-order valence-corrected chi connectivity index (χ4v) is 8.30. The summed E-state index contributed by atoms with van der Waals surface area (Å²) in [5.41, 5.74) is 0. The highest BCUT2D eigenvalue weighted by Crippen LogP contribution is 2.26. The van der Waals surface area contributed by atoms with E-state index < -0.39 is 71.9 Å². The zero-order valence-electron chi connectivity index (χ0n) is 43.3. The molecule has 2 heterocycles. The van der Waals surface area contributed by atoms with Crippen molar-refractivity contribution in [3.05, 3.63) is 0 Å². The Morgan fingerprint density at radius 2 is 0.870 bits per heavy atom. The molecule has 0 amide bonds. The van der Waals surface area contributed by atoms with Gasteiger partial charge in [0.05, 0.1) is 51.8 Å². The summed E-state index contributed by atoms with van der Waals surface area (Å²) in [6, 6.07) is 0. The van der Waals surface area contributed by atoms with E-state index in [1.54, 1.807) is 0 Å². The molecule has 0 aliphatic carbocycles. The third kappa shape index (κ3) is 29.9. The van der Waals surface area contributed by atoms with Gasteiger partial charge >= 0.3 is 41.8 Å². The van der Waals surface area contributed by atoms with Gasteiger partial charge in [-0.25, -0.2) is 0 Å². The molecule has 0 aromatic rings. The summed E-state index contributed by atoms with van der Waals surface area (Å²) < 4.78 is 45.8. The van der Waals surface area contributed by atoms with Crippen LogP contribution in [0.15, 0.2) is 0 Å². The van der Waals surface area contributed by atoms with Crippen molar-refractivity contribution in [1.29, 1.82) is 0 Å². The lowest BCUT2D eigenvalue weighted by atomic mass is 10.1. The molecule has 0 aromatic heterocycles. The number of ether oxygens (including phenoxy) is 8. The van der Waals surface area contributed by atoms with Crippen LogP contribution in [0.4, 0.5) is 0 Å². The average molecular weight is 982 g/mol. The topological polar surface area (TPSA) is 197 Å². The zero-order valence-corrected chi connectivity index (χ0v) is 43.3. The van der Waals surface area contributed by atoms with E-state index in [0.717, 1.165) is 109 Å². The second kappa shape index (κ2) is 38.9. The number of nitrogens with zero attached hydrogens (tertiary/aromatic N) is 1. The van der Waals surface area contributed by atoms with Crippen molar-refractivity contribution in [2.24, 2.45) is 17.8 Å². The first-order valence-electron chi connectivity index (χ1n) is 26.9. The molecule has 2 aliphatic rings. The van der Waals surface area contributed by atoms with Crippen LogP contribution in [0, 0.1) is 17.8 Å². The predicted octanol–water partition coefficient (Wildman–Crippen LogP) is 9.33. The Bertz CT molecular complexity index is 1400. The lowest BCUT2D eigenvalue weighted by Gasteiger charge is -2.25. The number of rotatable bonds is 41. The largest absolute Gasteiger partial charge is 0.465 e. The Balaban J connectivity index is 2.20. The normalized spacial score (nSPS) is 18.0. The summed E-state index contributed by atoms with van der Waals surface area (Å²) in [6.45, 7) is 8.60.